The largest absolute Gasteiger partial charge is 0.383 e. The molecule has 0 radical (unpaired) electrons. The van der Waals surface area contributed by atoms with E-state index in [2.05, 4.69) is 4.90 Å². The molecule has 2 aliphatic rings. The number of nitrogens with zero attached hydrogens (tertiary/aromatic N) is 4. The SMILES string of the molecule is COCCN1C(=O)/C(=C\c2c(N3C[C@@H](C)O[C@H](C)C3)nc3c(C)cccn3c2=O)SC1=S. The lowest BCUT2D eigenvalue weighted by molar-refractivity contribution is -0.122. The Morgan fingerprint density at radius 2 is 2.03 bits per heavy atom. The molecule has 0 unspecified atom stereocenters. The second-order valence-corrected chi connectivity index (χ2v) is 9.70. The number of ether oxygens (including phenoxy) is 2. The fraction of sp³-hybridized carbons (Fsp3) is 0.455. The molecule has 0 saturated carbocycles. The molecule has 4 heterocycles. The van der Waals surface area contributed by atoms with Crippen molar-refractivity contribution in [2.45, 2.75) is 33.0 Å². The first-order valence-corrected chi connectivity index (χ1v) is 11.7. The number of fused-ring (bicyclic) bond motifs is 1. The summed E-state index contributed by atoms with van der Waals surface area (Å²) in [6.45, 7) is 7.90. The number of aromatic nitrogens is 2. The predicted molar refractivity (Wildman–Crippen MR) is 130 cm³/mol. The van der Waals surface area contributed by atoms with Crippen LogP contribution in [-0.2, 0) is 14.3 Å². The third-order valence-electron chi connectivity index (χ3n) is 5.45. The molecule has 32 heavy (non-hydrogen) atoms. The second kappa shape index (κ2) is 9.30. The smallest absolute Gasteiger partial charge is 0.267 e. The van der Waals surface area contributed by atoms with Crippen molar-refractivity contribution in [2.75, 3.05) is 38.3 Å². The Morgan fingerprint density at radius 3 is 2.72 bits per heavy atom. The topological polar surface area (TPSA) is 76.4 Å². The normalized spacial score (nSPS) is 23.1. The van der Waals surface area contributed by atoms with E-state index < -0.39 is 0 Å². The lowest BCUT2D eigenvalue weighted by Crippen LogP contribution is -2.46. The Kier molecular flexibility index (Phi) is 6.66. The van der Waals surface area contributed by atoms with Crippen LogP contribution in [0.4, 0.5) is 5.82 Å². The van der Waals surface area contributed by atoms with Crippen LogP contribution in [0.2, 0.25) is 0 Å². The van der Waals surface area contributed by atoms with Gasteiger partial charge < -0.3 is 14.4 Å². The van der Waals surface area contributed by atoms with Crippen molar-refractivity contribution in [3.63, 3.8) is 0 Å². The number of anilines is 1. The van der Waals surface area contributed by atoms with Crippen LogP contribution in [0, 0.1) is 6.92 Å². The van der Waals surface area contributed by atoms with E-state index in [1.165, 1.54) is 21.1 Å². The molecule has 0 aromatic carbocycles. The summed E-state index contributed by atoms with van der Waals surface area (Å²) in [5.41, 5.74) is 1.66. The van der Waals surface area contributed by atoms with Gasteiger partial charge in [-0.15, -0.1) is 0 Å². The highest BCUT2D eigenvalue weighted by molar-refractivity contribution is 8.26. The molecule has 4 rings (SSSR count). The van der Waals surface area contributed by atoms with E-state index in [1.807, 2.05) is 32.9 Å². The van der Waals surface area contributed by atoms with Crippen molar-refractivity contribution in [1.29, 1.82) is 0 Å². The van der Waals surface area contributed by atoms with Crippen molar-refractivity contribution in [2.24, 2.45) is 0 Å². The van der Waals surface area contributed by atoms with Crippen molar-refractivity contribution in [1.82, 2.24) is 14.3 Å². The molecule has 1 amide bonds. The van der Waals surface area contributed by atoms with E-state index in [0.717, 1.165) is 5.56 Å². The van der Waals surface area contributed by atoms with E-state index in [-0.39, 0.29) is 23.7 Å². The number of methoxy groups -OCH3 is 1. The number of amides is 1. The Hall–Kier alpha value is -2.27. The van der Waals surface area contributed by atoms with Crippen LogP contribution >= 0.6 is 24.0 Å². The van der Waals surface area contributed by atoms with Gasteiger partial charge in [0.05, 0.1) is 35.8 Å². The number of thiocarbonyl (C=S) groups is 1. The fourth-order valence-electron chi connectivity index (χ4n) is 4.03. The Labute approximate surface area is 196 Å². The second-order valence-electron chi connectivity index (χ2n) is 8.03. The summed E-state index contributed by atoms with van der Waals surface area (Å²) < 4.78 is 12.9. The van der Waals surface area contributed by atoms with E-state index in [1.54, 1.807) is 19.4 Å². The minimum absolute atomic E-state index is 0.00373. The van der Waals surface area contributed by atoms with Gasteiger partial charge in [-0.05, 0) is 38.5 Å². The number of morpholine rings is 1. The third kappa shape index (κ3) is 4.32. The Bertz CT molecular complexity index is 1150. The average molecular weight is 475 g/mol. The van der Waals surface area contributed by atoms with Crippen LogP contribution in [0.1, 0.15) is 25.0 Å². The van der Waals surface area contributed by atoms with Gasteiger partial charge in [-0.1, -0.05) is 30.0 Å². The summed E-state index contributed by atoms with van der Waals surface area (Å²) in [5, 5.41) is 0. The number of carbonyl (C=O) groups is 1. The number of aryl methyl sites for hydroxylation is 1. The van der Waals surface area contributed by atoms with Gasteiger partial charge in [-0.2, -0.15) is 0 Å². The van der Waals surface area contributed by atoms with Gasteiger partial charge in [0.2, 0.25) is 0 Å². The maximum atomic E-state index is 13.6. The van der Waals surface area contributed by atoms with Crippen LogP contribution in [0.5, 0.6) is 0 Å². The number of hydrogen-bond acceptors (Lipinski definition) is 8. The predicted octanol–water partition coefficient (Wildman–Crippen LogP) is 2.46. The van der Waals surface area contributed by atoms with E-state index in [0.29, 0.717) is 52.5 Å². The van der Waals surface area contributed by atoms with Gasteiger partial charge in [0.15, 0.2) is 0 Å². The lowest BCUT2D eigenvalue weighted by atomic mass is 10.1. The van der Waals surface area contributed by atoms with Crippen LogP contribution in [0.25, 0.3) is 11.7 Å². The monoisotopic (exact) mass is 474 g/mol. The standard InChI is InChI=1S/C22H26N4O4S2/c1-13-6-5-7-25-18(13)23-19(24-11-14(2)30-15(3)12-24)16(20(25)27)10-17-21(28)26(8-9-29-4)22(31)32-17/h5-7,10,14-15H,8-9,11-12H2,1-4H3/b17-10+/t14-,15-/m1/s1. The van der Waals surface area contributed by atoms with E-state index in [9.17, 15) is 9.59 Å². The average Bonchev–Trinajstić information content (AvgIpc) is 3.00. The fourth-order valence-corrected chi connectivity index (χ4v) is 5.32. The van der Waals surface area contributed by atoms with Crippen molar-refractivity contribution >= 4 is 51.7 Å². The molecule has 0 N–H and O–H groups in total. The maximum Gasteiger partial charge on any atom is 0.267 e. The van der Waals surface area contributed by atoms with E-state index in [4.69, 9.17) is 26.7 Å². The number of thioether (sulfide) groups is 1. The Morgan fingerprint density at radius 1 is 1.31 bits per heavy atom. The molecule has 2 aromatic heterocycles. The molecular weight excluding hydrogens is 448 g/mol. The third-order valence-corrected chi connectivity index (χ3v) is 6.83. The molecule has 2 aromatic rings. The highest BCUT2D eigenvalue weighted by Crippen LogP contribution is 2.33. The van der Waals surface area contributed by atoms with Crippen LogP contribution in [0.15, 0.2) is 28.0 Å². The quantitative estimate of drug-likeness (QED) is 0.483. The van der Waals surface area contributed by atoms with Gasteiger partial charge in [0.1, 0.15) is 15.8 Å². The number of hydrogen-bond donors (Lipinski definition) is 0. The van der Waals surface area contributed by atoms with Gasteiger partial charge >= 0.3 is 0 Å². The molecule has 2 saturated heterocycles. The molecule has 0 bridgehead atoms. The van der Waals surface area contributed by atoms with Crippen molar-refractivity contribution in [3.8, 4) is 0 Å². The molecular formula is C22H26N4O4S2. The maximum absolute atomic E-state index is 13.6. The number of rotatable bonds is 5. The highest BCUT2D eigenvalue weighted by Gasteiger charge is 2.33. The van der Waals surface area contributed by atoms with Crippen molar-refractivity contribution in [3.05, 3.63) is 44.7 Å². The summed E-state index contributed by atoms with van der Waals surface area (Å²) in [6, 6.07) is 3.74. The van der Waals surface area contributed by atoms with Crippen LogP contribution < -0.4 is 10.5 Å². The molecule has 0 aliphatic carbocycles. The number of carbonyl (C=O) groups excluding carboxylic acids is 1. The molecule has 2 fully saturated rings. The lowest BCUT2D eigenvalue weighted by Gasteiger charge is -2.36. The zero-order valence-corrected chi connectivity index (χ0v) is 20.2. The molecule has 2 aliphatic heterocycles. The minimum atomic E-state index is -0.222. The van der Waals surface area contributed by atoms with Gasteiger partial charge in [0, 0.05) is 26.4 Å². The molecule has 2 atom stereocenters. The summed E-state index contributed by atoms with van der Waals surface area (Å²) >= 11 is 6.58. The first-order valence-electron chi connectivity index (χ1n) is 10.5. The summed E-state index contributed by atoms with van der Waals surface area (Å²) in [5.74, 6) is 0.342. The zero-order valence-electron chi connectivity index (χ0n) is 18.5. The Balaban J connectivity index is 1.85. The molecule has 8 nitrogen and oxygen atoms in total. The van der Waals surface area contributed by atoms with Crippen molar-refractivity contribution < 1.29 is 14.3 Å². The summed E-state index contributed by atoms with van der Waals surface area (Å²) in [6.07, 6.45) is 3.33. The number of pyridine rings is 1. The van der Waals surface area contributed by atoms with Gasteiger partial charge in [-0.3, -0.25) is 18.9 Å². The molecule has 0 spiro atoms. The summed E-state index contributed by atoms with van der Waals surface area (Å²) in [4.78, 5) is 35.4. The van der Waals surface area contributed by atoms with Crippen LogP contribution in [-0.4, -0.2) is 70.1 Å². The summed E-state index contributed by atoms with van der Waals surface area (Å²) in [7, 11) is 1.58. The van der Waals surface area contributed by atoms with Crippen LogP contribution in [0.3, 0.4) is 0 Å². The molecule has 10 heteroatoms. The first kappa shape index (κ1) is 22.9. The van der Waals surface area contributed by atoms with Gasteiger partial charge in [0.25, 0.3) is 11.5 Å². The van der Waals surface area contributed by atoms with Gasteiger partial charge in [-0.25, -0.2) is 4.98 Å². The highest BCUT2D eigenvalue weighted by atomic mass is 32.2. The first-order chi connectivity index (χ1) is 15.3. The van der Waals surface area contributed by atoms with E-state index >= 15 is 0 Å². The zero-order chi connectivity index (χ0) is 23.0. The minimum Gasteiger partial charge on any atom is -0.383 e. The molecule has 170 valence electrons.